The molecule has 1 aromatic heterocycles. The van der Waals surface area contributed by atoms with Gasteiger partial charge in [-0.2, -0.15) is 0 Å². The molecule has 0 spiro atoms. The second-order valence-electron chi connectivity index (χ2n) is 7.92. The Bertz CT molecular complexity index is 858. The number of ether oxygens (including phenoxy) is 1. The Balaban J connectivity index is 1.48. The third kappa shape index (κ3) is 6.05. The summed E-state index contributed by atoms with van der Waals surface area (Å²) in [6.45, 7) is 2.59. The monoisotopic (exact) mass is 409 g/mol. The van der Waals surface area contributed by atoms with Gasteiger partial charge in [0.2, 0.25) is 0 Å². The van der Waals surface area contributed by atoms with Crippen LogP contribution in [0.15, 0.2) is 36.5 Å². The van der Waals surface area contributed by atoms with Crippen molar-refractivity contribution >= 4 is 11.8 Å². The van der Waals surface area contributed by atoms with Crippen molar-refractivity contribution in [2.24, 2.45) is 0 Å². The van der Waals surface area contributed by atoms with E-state index < -0.39 is 11.8 Å². The lowest BCUT2D eigenvalue weighted by Crippen LogP contribution is -2.40. The molecule has 0 radical (unpaired) electrons. The van der Waals surface area contributed by atoms with Crippen LogP contribution in [-0.4, -0.2) is 30.5 Å². The molecule has 1 saturated carbocycles. The van der Waals surface area contributed by atoms with Crippen molar-refractivity contribution in [3.05, 3.63) is 58.9 Å². The van der Waals surface area contributed by atoms with Crippen molar-refractivity contribution in [3.63, 3.8) is 0 Å². The molecule has 160 valence electrons. The van der Waals surface area contributed by atoms with E-state index in [2.05, 4.69) is 27.8 Å². The summed E-state index contributed by atoms with van der Waals surface area (Å²) in [6, 6.07) is 10.1. The smallest absolute Gasteiger partial charge is 0.309 e. The molecule has 2 aromatic rings. The van der Waals surface area contributed by atoms with E-state index in [0.717, 1.165) is 22.6 Å². The van der Waals surface area contributed by atoms with Crippen LogP contribution in [0, 0.1) is 6.92 Å². The minimum atomic E-state index is -0.648. The number of aryl methyl sites for hydroxylation is 1. The minimum Gasteiger partial charge on any atom is -0.496 e. The fourth-order valence-electron chi connectivity index (χ4n) is 3.88. The molecule has 2 amide bonds. The first kappa shape index (κ1) is 21.8. The quantitative estimate of drug-likeness (QED) is 0.687. The van der Waals surface area contributed by atoms with Crippen molar-refractivity contribution in [2.45, 2.75) is 57.9 Å². The molecule has 1 fully saturated rings. The van der Waals surface area contributed by atoms with Crippen LogP contribution in [0.1, 0.15) is 60.4 Å². The average Bonchev–Trinajstić information content (AvgIpc) is 2.79. The number of benzene rings is 1. The van der Waals surface area contributed by atoms with Crippen LogP contribution < -0.4 is 15.4 Å². The van der Waals surface area contributed by atoms with Crippen LogP contribution in [0.2, 0.25) is 0 Å². The highest BCUT2D eigenvalue weighted by Crippen LogP contribution is 2.35. The van der Waals surface area contributed by atoms with Crippen LogP contribution >= 0.6 is 0 Å². The lowest BCUT2D eigenvalue weighted by atomic mass is 9.84. The molecule has 0 bridgehead atoms. The van der Waals surface area contributed by atoms with E-state index in [1.165, 1.54) is 37.7 Å². The number of hydrogen-bond acceptors (Lipinski definition) is 4. The molecule has 0 atom stereocenters. The molecule has 1 aliphatic rings. The Morgan fingerprint density at radius 1 is 1.07 bits per heavy atom. The maximum Gasteiger partial charge on any atom is 0.309 e. The van der Waals surface area contributed by atoms with Gasteiger partial charge < -0.3 is 15.4 Å². The maximum absolute atomic E-state index is 12.1. The number of nitrogens with one attached hydrogen (secondary N) is 2. The zero-order valence-corrected chi connectivity index (χ0v) is 17.9. The normalized spacial score (nSPS) is 14.2. The number of nitrogens with zero attached hydrogens (tertiary/aromatic N) is 1. The first-order chi connectivity index (χ1) is 14.6. The van der Waals surface area contributed by atoms with Gasteiger partial charge in [-0.25, -0.2) is 0 Å². The average molecular weight is 410 g/mol. The summed E-state index contributed by atoms with van der Waals surface area (Å²) in [6.07, 6.45) is 8.68. The Morgan fingerprint density at radius 3 is 2.53 bits per heavy atom. The van der Waals surface area contributed by atoms with Gasteiger partial charge in [0.15, 0.2) is 0 Å². The van der Waals surface area contributed by atoms with Gasteiger partial charge in [0.25, 0.3) is 0 Å². The molecule has 6 heteroatoms. The van der Waals surface area contributed by atoms with Gasteiger partial charge >= 0.3 is 11.8 Å². The SMILES string of the molecule is COc1cc(C2CCCCC2)ccc1CNC(=O)C(=O)NCCc1ccc(C)cn1. The van der Waals surface area contributed by atoms with Crippen LogP contribution in [0.25, 0.3) is 0 Å². The van der Waals surface area contributed by atoms with Crippen LogP contribution in [-0.2, 0) is 22.6 Å². The van der Waals surface area contributed by atoms with Gasteiger partial charge in [-0.05, 0) is 48.9 Å². The highest BCUT2D eigenvalue weighted by molar-refractivity contribution is 6.35. The summed E-state index contributed by atoms with van der Waals surface area (Å²) in [5.41, 5.74) is 4.12. The molecular formula is C24H31N3O3. The second kappa shape index (κ2) is 10.8. The van der Waals surface area contributed by atoms with Gasteiger partial charge in [0, 0.05) is 37.0 Å². The van der Waals surface area contributed by atoms with Gasteiger partial charge in [0.05, 0.1) is 7.11 Å². The Kier molecular flexibility index (Phi) is 7.82. The molecule has 1 heterocycles. The van der Waals surface area contributed by atoms with E-state index in [1.54, 1.807) is 13.3 Å². The first-order valence-corrected chi connectivity index (χ1v) is 10.7. The zero-order valence-electron chi connectivity index (χ0n) is 17.9. The van der Waals surface area contributed by atoms with Gasteiger partial charge in [-0.3, -0.25) is 14.6 Å². The molecule has 2 N–H and O–H groups in total. The van der Waals surface area contributed by atoms with Crippen molar-refractivity contribution in [2.75, 3.05) is 13.7 Å². The molecule has 1 aromatic carbocycles. The summed E-state index contributed by atoms with van der Waals surface area (Å²) in [5.74, 6) is 0.0551. The number of carbonyl (C=O) groups is 2. The van der Waals surface area contributed by atoms with E-state index >= 15 is 0 Å². The first-order valence-electron chi connectivity index (χ1n) is 10.7. The summed E-state index contributed by atoms with van der Waals surface area (Å²) in [5, 5.41) is 5.32. The van der Waals surface area contributed by atoms with E-state index in [1.807, 2.05) is 25.1 Å². The van der Waals surface area contributed by atoms with Crippen LogP contribution in [0.3, 0.4) is 0 Å². The number of methoxy groups -OCH3 is 1. The standard InChI is InChI=1S/C24H31N3O3/c1-17-8-11-21(26-15-17)12-13-25-23(28)24(29)27-16-20-10-9-19(14-22(20)30-2)18-6-4-3-5-7-18/h8-11,14-15,18H,3-7,12-13,16H2,1-2H3,(H,25,28)(H,27,29). The predicted octanol–water partition coefficient (Wildman–Crippen LogP) is 3.42. The van der Waals surface area contributed by atoms with Gasteiger partial charge in [-0.1, -0.05) is 37.5 Å². The number of carbonyl (C=O) groups excluding carboxylic acids is 2. The number of rotatable bonds is 7. The summed E-state index contributed by atoms with van der Waals surface area (Å²) in [7, 11) is 1.64. The predicted molar refractivity (Wildman–Crippen MR) is 116 cm³/mol. The largest absolute Gasteiger partial charge is 0.496 e. The van der Waals surface area contributed by atoms with E-state index in [0.29, 0.717) is 18.9 Å². The van der Waals surface area contributed by atoms with E-state index in [-0.39, 0.29) is 6.54 Å². The summed E-state index contributed by atoms with van der Waals surface area (Å²) in [4.78, 5) is 28.5. The van der Waals surface area contributed by atoms with Crippen molar-refractivity contribution in [3.8, 4) is 5.75 Å². The number of aromatic nitrogens is 1. The highest BCUT2D eigenvalue weighted by Gasteiger charge is 2.18. The molecule has 0 aliphatic heterocycles. The van der Waals surface area contributed by atoms with Crippen molar-refractivity contribution < 1.29 is 14.3 Å². The highest BCUT2D eigenvalue weighted by atomic mass is 16.5. The Morgan fingerprint density at radius 2 is 1.83 bits per heavy atom. The summed E-state index contributed by atoms with van der Waals surface area (Å²) >= 11 is 0. The van der Waals surface area contributed by atoms with Crippen molar-refractivity contribution in [1.29, 1.82) is 0 Å². The minimum absolute atomic E-state index is 0.250. The lowest BCUT2D eigenvalue weighted by molar-refractivity contribution is -0.139. The van der Waals surface area contributed by atoms with Gasteiger partial charge in [0.1, 0.15) is 5.75 Å². The fourth-order valence-corrected chi connectivity index (χ4v) is 3.88. The second-order valence-corrected chi connectivity index (χ2v) is 7.92. The lowest BCUT2D eigenvalue weighted by Gasteiger charge is -2.23. The van der Waals surface area contributed by atoms with Crippen molar-refractivity contribution in [1.82, 2.24) is 15.6 Å². The maximum atomic E-state index is 12.1. The number of amides is 2. The van der Waals surface area contributed by atoms with E-state index in [4.69, 9.17) is 4.74 Å². The van der Waals surface area contributed by atoms with Crippen LogP contribution in [0.5, 0.6) is 5.75 Å². The van der Waals surface area contributed by atoms with E-state index in [9.17, 15) is 9.59 Å². The topological polar surface area (TPSA) is 80.3 Å². The molecule has 30 heavy (non-hydrogen) atoms. The van der Waals surface area contributed by atoms with Gasteiger partial charge in [-0.15, -0.1) is 0 Å². The molecule has 6 nitrogen and oxygen atoms in total. The zero-order chi connectivity index (χ0) is 21.3. The Labute approximate surface area is 178 Å². The third-order valence-corrected chi connectivity index (χ3v) is 5.67. The molecule has 1 aliphatic carbocycles. The third-order valence-electron chi connectivity index (χ3n) is 5.67. The van der Waals surface area contributed by atoms with Crippen LogP contribution in [0.4, 0.5) is 0 Å². The molecule has 3 rings (SSSR count). The molecular weight excluding hydrogens is 378 g/mol. The fraction of sp³-hybridized carbons (Fsp3) is 0.458. The number of pyridine rings is 1. The molecule has 0 unspecified atom stereocenters. The number of hydrogen-bond donors (Lipinski definition) is 2. The summed E-state index contributed by atoms with van der Waals surface area (Å²) < 4.78 is 5.53. The Hall–Kier alpha value is -2.89. The molecule has 0 saturated heterocycles.